The van der Waals surface area contributed by atoms with Crippen molar-refractivity contribution in [3.05, 3.63) is 16.9 Å². The van der Waals surface area contributed by atoms with E-state index in [2.05, 4.69) is 15.3 Å². The van der Waals surface area contributed by atoms with Crippen molar-refractivity contribution in [3.8, 4) is 0 Å². The predicted molar refractivity (Wildman–Crippen MR) is 75.4 cm³/mol. The molecule has 110 valence electrons. The monoisotopic (exact) mass is 290 g/mol. The maximum absolute atomic E-state index is 6.24. The molecule has 1 unspecified atom stereocenters. The molecule has 1 aromatic rings. The van der Waals surface area contributed by atoms with Gasteiger partial charge in [0.05, 0.1) is 23.5 Å². The highest BCUT2D eigenvalue weighted by Crippen LogP contribution is 2.26. The second kappa shape index (κ2) is 7.81. The first-order valence-electron chi connectivity index (χ1n) is 6.13. The van der Waals surface area contributed by atoms with Crippen LogP contribution in [-0.4, -0.2) is 62.9 Å². The highest BCUT2D eigenvalue weighted by atomic mass is 35.5. The van der Waals surface area contributed by atoms with E-state index in [-0.39, 0.29) is 6.04 Å². The molecule has 0 aliphatic carbocycles. The van der Waals surface area contributed by atoms with Crippen molar-refractivity contribution in [1.29, 1.82) is 0 Å². The average molecular weight is 291 g/mol. The molecule has 19 heavy (non-hydrogen) atoms. The average Bonchev–Trinajstić information content (AvgIpc) is 2.74. The second-order valence-electron chi connectivity index (χ2n) is 4.51. The quantitative estimate of drug-likeness (QED) is 0.723. The highest BCUT2D eigenvalue weighted by Gasteiger charge is 2.27. The van der Waals surface area contributed by atoms with E-state index in [1.807, 2.05) is 25.8 Å². The highest BCUT2D eigenvalue weighted by molar-refractivity contribution is 6.31. The van der Waals surface area contributed by atoms with Gasteiger partial charge in [-0.05, 0) is 21.1 Å². The van der Waals surface area contributed by atoms with E-state index >= 15 is 0 Å². The molecule has 0 radical (unpaired) electrons. The van der Waals surface area contributed by atoms with Crippen LogP contribution in [0.25, 0.3) is 0 Å². The van der Waals surface area contributed by atoms with Gasteiger partial charge in [0.15, 0.2) is 6.29 Å². The molecule has 1 heterocycles. The van der Waals surface area contributed by atoms with Crippen LogP contribution >= 0.6 is 11.6 Å². The summed E-state index contributed by atoms with van der Waals surface area (Å²) in [6, 6.07) is -0.174. The summed E-state index contributed by atoms with van der Waals surface area (Å²) >= 11 is 6.24. The summed E-state index contributed by atoms with van der Waals surface area (Å²) in [4.78, 5) is 2.10. The first-order chi connectivity index (χ1) is 9.04. The molecule has 1 atom stereocenters. The second-order valence-corrected chi connectivity index (χ2v) is 4.92. The summed E-state index contributed by atoms with van der Waals surface area (Å²) in [5.74, 6) is 0. The van der Waals surface area contributed by atoms with Crippen LogP contribution in [-0.2, 0) is 16.0 Å². The van der Waals surface area contributed by atoms with Crippen molar-refractivity contribution in [2.45, 2.75) is 18.9 Å². The van der Waals surface area contributed by atoms with Gasteiger partial charge in [0.25, 0.3) is 0 Å². The fraction of sp³-hybridized carbons (Fsp3) is 0.750. The number of ether oxygens (including phenoxy) is 2. The molecule has 1 aromatic heterocycles. The van der Waals surface area contributed by atoms with Gasteiger partial charge in [0, 0.05) is 20.8 Å². The third-order valence-electron chi connectivity index (χ3n) is 2.93. The van der Waals surface area contributed by atoms with Crippen LogP contribution in [0, 0.1) is 0 Å². The fourth-order valence-electron chi connectivity index (χ4n) is 1.92. The molecule has 0 fully saturated rings. The Morgan fingerprint density at radius 3 is 2.53 bits per heavy atom. The predicted octanol–water partition coefficient (Wildman–Crippen LogP) is 0.977. The first kappa shape index (κ1) is 16.4. The van der Waals surface area contributed by atoms with Crippen molar-refractivity contribution >= 4 is 11.6 Å². The van der Waals surface area contributed by atoms with Gasteiger partial charge in [0.1, 0.15) is 6.04 Å². The Morgan fingerprint density at radius 2 is 2.05 bits per heavy atom. The molecular weight excluding hydrogens is 268 g/mol. The van der Waals surface area contributed by atoms with E-state index in [0.29, 0.717) is 5.02 Å². The van der Waals surface area contributed by atoms with Gasteiger partial charge in [0.2, 0.25) is 0 Å². The lowest BCUT2D eigenvalue weighted by Crippen LogP contribution is -2.35. The van der Waals surface area contributed by atoms with Gasteiger partial charge in [-0.3, -0.25) is 4.68 Å². The minimum Gasteiger partial charge on any atom is -0.354 e. The lowest BCUT2D eigenvalue weighted by molar-refractivity contribution is -0.124. The summed E-state index contributed by atoms with van der Waals surface area (Å²) in [6.07, 6.45) is 1.23. The molecule has 0 aromatic carbocycles. The number of methoxy groups -OCH3 is 2. The number of hydrogen-bond acceptors (Lipinski definition) is 5. The van der Waals surface area contributed by atoms with Crippen LogP contribution in [0.5, 0.6) is 0 Å². The lowest BCUT2D eigenvalue weighted by Gasteiger charge is -2.25. The van der Waals surface area contributed by atoms with E-state index in [9.17, 15) is 0 Å². The van der Waals surface area contributed by atoms with Gasteiger partial charge in [-0.15, -0.1) is 0 Å². The van der Waals surface area contributed by atoms with Crippen LogP contribution in [0.15, 0.2) is 6.20 Å². The molecule has 0 saturated carbocycles. The number of halogens is 1. The molecule has 0 spiro atoms. The summed E-state index contributed by atoms with van der Waals surface area (Å²) in [5.41, 5.74) is 0.875. The molecule has 0 bridgehead atoms. The molecule has 0 aliphatic rings. The smallest absolute Gasteiger partial charge is 0.177 e. The molecule has 1 rings (SSSR count). The van der Waals surface area contributed by atoms with Crippen molar-refractivity contribution in [2.75, 3.05) is 41.9 Å². The lowest BCUT2D eigenvalue weighted by atomic mass is 10.2. The molecule has 6 nitrogen and oxygen atoms in total. The van der Waals surface area contributed by atoms with Crippen LogP contribution in [0.2, 0.25) is 5.02 Å². The third-order valence-corrected chi connectivity index (χ3v) is 3.23. The van der Waals surface area contributed by atoms with Gasteiger partial charge in [-0.1, -0.05) is 11.6 Å². The molecule has 0 amide bonds. The minimum atomic E-state index is -0.419. The molecular formula is C12H23ClN4O2. The Hall–Kier alpha value is -0.660. The number of likely N-dealkylation sites (N-methyl/N-ethyl adjacent to an activating group) is 2. The van der Waals surface area contributed by atoms with Crippen LogP contribution in [0.4, 0.5) is 0 Å². The van der Waals surface area contributed by atoms with Crippen molar-refractivity contribution in [3.63, 3.8) is 0 Å². The van der Waals surface area contributed by atoms with Crippen molar-refractivity contribution in [2.24, 2.45) is 0 Å². The van der Waals surface area contributed by atoms with E-state index in [1.54, 1.807) is 20.4 Å². The van der Waals surface area contributed by atoms with Crippen LogP contribution in [0.3, 0.4) is 0 Å². The maximum atomic E-state index is 6.24. The Morgan fingerprint density at radius 1 is 1.42 bits per heavy atom. The zero-order chi connectivity index (χ0) is 14.4. The summed E-state index contributed by atoms with van der Waals surface area (Å²) in [6.45, 7) is 1.64. The number of rotatable bonds is 8. The Kier molecular flexibility index (Phi) is 6.74. The molecule has 1 N–H and O–H groups in total. The van der Waals surface area contributed by atoms with E-state index in [1.165, 1.54) is 0 Å². The SMILES string of the molecule is CNC(c1c(Cl)cnn1CCN(C)C)C(OC)OC. The zero-order valence-electron chi connectivity index (χ0n) is 12.2. The topological polar surface area (TPSA) is 51.6 Å². The van der Waals surface area contributed by atoms with Gasteiger partial charge >= 0.3 is 0 Å². The summed E-state index contributed by atoms with van der Waals surface area (Å²) in [7, 11) is 9.09. The normalized spacial score (nSPS) is 13.5. The Balaban J connectivity index is 2.98. The number of aromatic nitrogens is 2. The first-order valence-corrected chi connectivity index (χ1v) is 6.51. The summed E-state index contributed by atoms with van der Waals surface area (Å²) in [5, 5.41) is 8.09. The molecule has 0 aliphatic heterocycles. The van der Waals surface area contributed by atoms with Crippen molar-refractivity contribution < 1.29 is 9.47 Å². The largest absolute Gasteiger partial charge is 0.354 e. The number of nitrogens with zero attached hydrogens (tertiary/aromatic N) is 3. The maximum Gasteiger partial charge on any atom is 0.177 e. The third kappa shape index (κ3) is 4.15. The number of hydrogen-bond donors (Lipinski definition) is 1. The standard InChI is InChI=1S/C12H23ClN4O2/c1-14-10(12(18-4)19-5)11-9(13)8-15-17(11)7-6-16(2)3/h8,10,12,14H,6-7H2,1-5H3. The molecule has 7 heteroatoms. The number of nitrogens with one attached hydrogen (secondary N) is 1. The van der Waals surface area contributed by atoms with Crippen LogP contribution < -0.4 is 5.32 Å². The van der Waals surface area contributed by atoms with Gasteiger partial charge < -0.3 is 19.7 Å². The van der Waals surface area contributed by atoms with Crippen LogP contribution in [0.1, 0.15) is 11.7 Å². The summed E-state index contributed by atoms with van der Waals surface area (Å²) < 4.78 is 12.5. The van der Waals surface area contributed by atoms with E-state index < -0.39 is 6.29 Å². The van der Waals surface area contributed by atoms with Gasteiger partial charge in [-0.2, -0.15) is 5.10 Å². The fourth-order valence-corrected chi connectivity index (χ4v) is 2.18. The van der Waals surface area contributed by atoms with Gasteiger partial charge in [-0.25, -0.2) is 0 Å². The Bertz CT molecular complexity index is 380. The van der Waals surface area contributed by atoms with Crippen molar-refractivity contribution in [1.82, 2.24) is 20.0 Å². The van der Waals surface area contributed by atoms with E-state index in [0.717, 1.165) is 18.8 Å². The minimum absolute atomic E-state index is 0.174. The Labute approximate surface area is 119 Å². The van der Waals surface area contributed by atoms with E-state index in [4.69, 9.17) is 21.1 Å². The molecule has 0 saturated heterocycles. The zero-order valence-corrected chi connectivity index (χ0v) is 12.9.